The van der Waals surface area contributed by atoms with E-state index in [2.05, 4.69) is 5.41 Å². The molecule has 0 aromatic carbocycles. The second-order valence-corrected chi connectivity index (χ2v) is 4.19. The SMILES string of the molecule is CC(=O)C1=C[SH](C(C)=O)[C]=C1. The first-order valence-electron chi connectivity index (χ1n) is 3.23. The maximum atomic E-state index is 10.8. The maximum Gasteiger partial charge on any atom is 0.173 e. The van der Waals surface area contributed by atoms with E-state index in [4.69, 9.17) is 0 Å². The van der Waals surface area contributed by atoms with Crippen molar-refractivity contribution in [2.75, 3.05) is 0 Å². The van der Waals surface area contributed by atoms with Gasteiger partial charge in [-0.3, -0.25) is 9.59 Å². The van der Waals surface area contributed by atoms with Crippen LogP contribution in [0, 0.1) is 5.41 Å². The summed E-state index contributed by atoms with van der Waals surface area (Å²) >= 11 is 0. The highest BCUT2D eigenvalue weighted by Gasteiger charge is 2.12. The van der Waals surface area contributed by atoms with Gasteiger partial charge in [0.05, 0.1) is 0 Å². The summed E-state index contributed by atoms with van der Waals surface area (Å²) in [5.41, 5.74) is 0.617. The summed E-state index contributed by atoms with van der Waals surface area (Å²) in [5.74, 6) is 0.00347. The van der Waals surface area contributed by atoms with E-state index in [1.54, 1.807) is 11.5 Å². The van der Waals surface area contributed by atoms with Gasteiger partial charge >= 0.3 is 0 Å². The Morgan fingerprint density at radius 1 is 1.45 bits per heavy atom. The van der Waals surface area contributed by atoms with Crippen LogP contribution in [-0.2, 0) is 9.59 Å². The number of Topliss-reactive ketones (excluding diaryl/α,β-unsaturated/α-hetero) is 1. The predicted octanol–water partition coefficient (Wildman–Crippen LogP) is 1.34. The molecule has 1 aliphatic rings. The highest BCUT2D eigenvalue weighted by Crippen LogP contribution is 2.35. The maximum absolute atomic E-state index is 10.8. The second kappa shape index (κ2) is 3.05. The number of rotatable bonds is 1. The lowest BCUT2D eigenvalue weighted by molar-refractivity contribution is -0.113. The highest BCUT2D eigenvalue weighted by atomic mass is 32.2. The lowest BCUT2D eigenvalue weighted by atomic mass is 10.2. The molecule has 0 spiro atoms. The van der Waals surface area contributed by atoms with Crippen molar-refractivity contribution >= 4 is 21.8 Å². The van der Waals surface area contributed by atoms with Crippen molar-refractivity contribution in [2.45, 2.75) is 13.8 Å². The van der Waals surface area contributed by atoms with Gasteiger partial charge in [-0.2, -0.15) is 0 Å². The number of thiol groups is 1. The predicted molar refractivity (Wildman–Crippen MR) is 46.2 cm³/mol. The molecule has 1 aliphatic heterocycles. The molecule has 3 heteroatoms. The van der Waals surface area contributed by atoms with Crippen LogP contribution >= 0.6 is 10.9 Å². The molecule has 0 saturated carbocycles. The standard InChI is InChI=1S/C8H9O2S/c1-6(9)8-3-4-11(5-8)7(2)10/h3,5,11H,1-2H3. The van der Waals surface area contributed by atoms with Crippen LogP contribution in [0.2, 0.25) is 0 Å². The van der Waals surface area contributed by atoms with Crippen molar-refractivity contribution in [3.63, 3.8) is 0 Å². The van der Waals surface area contributed by atoms with Crippen LogP contribution in [-0.4, -0.2) is 10.9 Å². The summed E-state index contributed by atoms with van der Waals surface area (Å²) < 4.78 is 0. The van der Waals surface area contributed by atoms with E-state index in [1.807, 2.05) is 0 Å². The number of ketones is 1. The minimum Gasteiger partial charge on any atom is -0.294 e. The normalized spacial score (nSPS) is 24.9. The third-order valence-corrected chi connectivity index (χ3v) is 3.00. The minimum absolute atomic E-state index is 0.00347. The summed E-state index contributed by atoms with van der Waals surface area (Å²) in [5, 5.41) is 4.66. The van der Waals surface area contributed by atoms with Gasteiger partial charge in [0.2, 0.25) is 0 Å². The zero-order valence-corrected chi connectivity index (χ0v) is 7.31. The zero-order chi connectivity index (χ0) is 8.43. The number of hydrogen-bond donors (Lipinski definition) is 1. The minimum atomic E-state index is -0.903. The van der Waals surface area contributed by atoms with Gasteiger partial charge in [-0.05, 0) is 18.4 Å². The average molecular weight is 169 g/mol. The van der Waals surface area contributed by atoms with Crippen LogP contribution in [0.25, 0.3) is 0 Å². The number of carbonyl (C=O) groups is 2. The van der Waals surface area contributed by atoms with Crippen molar-refractivity contribution in [3.05, 3.63) is 22.5 Å². The third kappa shape index (κ3) is 1.80. The van der Waals surface area contributed by atoms with Gasteiger partial charge in [-0.1, -0.05) is 0 Å². The van der Waals surface area contributed by atoms with Gasteiger partial charge < -0.3 is 0 Å². The largest absolute Gasteiger partial charge is 0.294 e. The first-order valence-corrected chi connectivity index (χ1v) is 4.64. The molecule has 0 aromatic heterocycles. The molecule has 1 heterocycles. The van der Waals surface area contributed by atoms with E-state index in [0.717, 1.165) is 0 Å². The van der Waals surface area contributed by atoms with Gasteiger partial charge in [0.25, 0.3) is 0 Å². The number of carbonyl (C=O) groups excluding carboxylic acids is 2. The Balaban J connectivity index is 2.79. The number of allylic oxidation sites excluding steroid dienone is 2. The molecular formula is C8H9O2S. The van der Waals surface area contributed by atoms with Crippen LogP contribution in [0.1, 0.15) is 13.8 Å². The van der Waals surface area contributed by atoms with E-state index in [0.29, 0.717) is 5.57 Å². The van der Waals surface area contributed by atoms with E-state index >= 15 is 0 Å². The van der Waals surface area contributed by atoms with Crippen molar-refractivity contribution in [1.29, 1.82) is 0 Å². The molecule has 2 nitrogen and oxygen atoms in total. The molecule has 0 aliphatic carbocycles. The fraction of sp³-hybridized carbons (Fsp3) is 0.250. The quantitative estimate of drug-likeness (QED) is 0.601. The monoisotopic (exact) mass is 169 g/mol. The van der Waals surface area contributed by atoms with E-state index in [-0.39, 0.29) is 10.9 Å². The Morgan fingerprint density at radius 3 is 2.36 bits per heavy atom. The fourth-order valence-corrected chi connectivity index (χ4v) is 1.98. The molecule has 1 radical (unpaired) electrons. The smallest absolute Gasteiger partial charge is 0.173 e. The molecule has 59 valence electrons. The third-order valence-electron chi connectivity index (χ3n) is 1.37. The van der Waals surface area contributed by atoms with Crippen LogP contribution in [0.5, 0.6) is 0 Å². The summed E-state index contributed by atoms with van der Waals surface area (Å²) in [7, 11) is -0.903. The van der Waals surface area contributed by atoms with Crippen molar-refractivity contribution < 1.29 is 9.59 Å². The Hall–Kier alpha value is -0.830. The van der Waals surface area contributed by atoms with Crippen molar-refractivity contribution in [3.8, 4) is 0 Å². The highest BCUT2D eigenvalue weighted by molar-refractivity contribution is 8.33. The summed E-state index contributed by atoms with van der Waals surface area (Å²) in [6.45, 7) is 3.01. The lowest BCUT2D eigenvalue weighted by Crippen LogP contribution is -1.90. The van der Waals surface area contributed by atoms with Gasteiger partial charge in [-0.15, -0.1) is 10.9 Å². The van der Waals surface area contributed by atoms with Crippen molar-refractivity contribution in [1.82, 2.24) is 0 Å². The first-order chi connectivity index (χ1) is 5.11. The molecule has 0 saturated heterocycles. The summed E-state index contributed by atoms with van der Waals surface area (Å²) in [6, 6.07) is 0. The Labute approximate surface area is 68.3 Å². The van der Waals surface area contributed by atoms with Gasteiger partial charge in [0, 0.05) is 17.9 Å². The van der Waals surface area contributed by atoms with Gasteiger partial charge in [0.15, 0.2) is 10.9 Å². The molecule has 0 aromatic rings. The lowest BCUT2D eigenvalue weighted by Gasteiger charge is -2.00. The molecule has 0 bridgehead atoms. The molecule has 1 rings (SSSR count). The summed E-state index contributed by atoms with van der Waals surface area (Å²) in [4.78, 5) is 21.6. The fourth-order valence-electron chi connectivity index (χ4n) is 0.727. The van der Waals surface area contributed by atoms with Gasteiger partial charge in [-0.25, -0.2) is 0 Å². The van der Waals surface area contributed by atoms with Crippen LogP contribution in [0.3, 0.4) is 0 Å². The zero-order valence-electron chi connectivity index (χ0n) is 6.42. The topological polar surface area (TPSA) is 34.1 Å². The molecule has 11 heavy (non-hydrogen) atoms. The van der Waals surface area contributed by atoms with Gasteiger partial charge in [0.1, 0.15) is 0 Å². The number of hydrogen-bond acceptors (Lipinski definition) is 2. The van der Waals surface area contributed by atoms with E-state index < -0.39 is 10.9 Å². The molecule has 0 N–H and O–H groups in total. The molecule has 0 amide bonds. The molecule has 1 unspecified atom stereocenters. The van der Waals surface area contributed by atoms with Crippen LogP contribution in [0.4, 0.5) is 0 Å². The summed E-state index contributed by atoms with van der Waals surface area (Å²) in [6.07, 6.45) is 1.61. The Kier molecular flexibility index (Phi) is 2.29. The molecule has 1 atom stereocenters. The van der Waals surface area contributed by atoms with Crippen LogP contribution < -0.4 is 0 Å². The van der Waals surface area contributed by atoms with E-state index in [1.165, 1.54) is 13.8 Å². The van der Waals surface area contributed by atoms with E-state index in [9.17, 15) is 9.59 Å². The molecular weight excluding hydrogens is 160 g/mol. The van der Waals surface area contributed by atoms with Crippen molar-refractivity contribution in [2.24, 2.45) is 0 Å². The average Bonchev–Trinajstić information content (AvgIpc) is 2.33. The van der Waals surface area contributed by atoms with Crippen LogP contribution in [0.15, 0.2) is 17.1 Å². The Bertz CT molecular complexity index is 263. The molecule has 0 fully saturated rings. The Morgan fingerprint density at radius 2 is 2.09 bits per heavy atom. The first kappa shape index (κ1) is 8.27. The second-order valence-electron chi connectivity index (χ2n) is 2.30.